The predicted molar refractivity (Wildman–Crippen MR) is 132 cm³/mol. The molecule has 0 aliphatic carbocycles. The lowest BCUT2D eigenvalue weighted by molar-refractivity contribution is -0.146. The van der Waals surface area contributed by atoms with E-state index in [4.69, 9.17) is 16.2 Å². The minimum atomic E-state index is -4.38. The maximum absolute atomic E-state index is 13.6. The molecule has 0 aromatic heterocycles. The quantitative estimate of drug-likeness (QED) is 0.538. The van der Waals surface area contributed by atoms with Gasteiger partial charge in [-0.3, -0.25) is 24.6 Å². The third kappa shape index (κ3) is 5.23. The number of methoxy groups -OCH3 is 1. The van der Waals surface area contributed by atoms with Crippen molar-refractivity contribution in [2.45, 2.75) is 63.6 Å². The number of likely N-dealkylation sites (tertiary alicyclic amines) is 1. The third-order valence-electron chi connectivity index (χ3n) is 7.74. The fourth-order valence-corrected chi connectivity index (χ4v) is 6.09. The van der Waals surface area contributed by atoms with Gasteiger partial charge in [0.05, 0.1) is 48.3 Å². The summed E-state index contributed by atoms with van der Waals surface area (Å²) in [6.07, 6.45) is 4.58. The molecule has 1 saturated heterocycles. The lowest BCUT2D eigenvalue weighted by Crippen LogP contribution is -2.53. The van der Waals surface area contributed by atoms with Gasteiger partial charge in [0, 0.05) is 25.5 Å². The molecule has 0 radical (unpaired) electrons. The number of hydrazone groups is 1. The highest BCUT2D eigenvalue weighted by atomic mass is 19.4. The van der Waals surface area contributed by atoms with Gasteiger partial charge in [-0.25, -0.2) is 0 Å². The number of halogens is 3. The maximum Gasteiger partial charge on any atom is 0.407 e. The molecule has 0 aromatic carbocycles. The summed E-state index contributed by atoms with van der Waals surface area (Å²) < 4.78 is 44.0. The summed E-state index contributed by atoms with van der Waals surface area (Å²) in [5.41, 5.74) is -0.0798. The second-order valence-corrected chi connectivity index (χ2v) is 10.7. The van der Waals surface area contributed by atoms with Gasteiger partial charge in [-0.2, -0.15) is 18.3 Å². The summed E-state index contributed by atoms with van der Waals surface area (Å²) in [6, 6.07) is -0.775. The SMILES string of the molecule is C#CCNC(=O)C1CC(C2CC(C)C3C(=O)N(C4C=NN(CC(F)(F)F)C4)C(C)(C)C3=N2)C=NC1OC. The third-order valence-corrected chi connectivity index (χ3v) is 7.74. The Kier molecular flexibility index (Phi) is 7.38. The highest BCUT2D eigenvalue weighted by Crippen LogP contribution is 2.44. The van der Waals surface area contributed by atoms with Crippen LogP contribution in [0.4, 0.5) is 13.2 Å². The van der Waals surface area contributed by atoms with Gasteiger partial charge in [0.15, 0.2) is 6.23 Å². The molecule has 4 heterocycles. The van der Waals surface area contributed by atoms with Crippen LogP contribution in [-0.2, 0) is 14.3 Å². The smallest absolute Gasteiger partial charge is 0.359 e. The van der Waals surface area contributed by atoms with Gasteiger partial charge in [0.1, 0.15) is 6.54 Å². The molecule has 12 heteroatoms. The number of fused-ring (bicyclic) bond motifs is 1. The van der Waals surface area contributed by atoms with Crippen LogP contribution in [-0.4, -0.2) is 96.6 Å². The number of amides is 2. The molecule has 4 rings (SSSR count). The number of carbonyl (C=O) groups is 2. The normalized spacial score (nSPS) is 34.8. The van der Waals surface area contributed by atoms with E-state index >= 15 is 0 Å². The average molecular weight is 523 g/mol. The molecule has 1 fully saturated rings. The van der Waals surface area contributed by atoms with Crippen molar-refractivity contribution in [2.75, 3.05) is 26.7 Å². The number of nitrogens with zero attached hydrogens (tertiary/aromatic N) is 5. The Hall–Kier alpha value is -2.94. The number of hydrogen-bond acceptors (Lipinski definition) is 7. The molecule has 1 N–H and O–H groups in total. The van der Waals surface area contributed by atoms with E-state index in [0.29, 0.717) is 12.8 Å². The van der Waals surface area contributed by atoms with Crippen LogP contribution in [0, 0.1) is 36.0 Å². The van der Waals surface area contributed by atoms with E-state index < -0.39 is 42.4 Å². The minimum Gasteiger partial charge on any atom is -0.359 e. The van der Waals surface area contributed by atoms with Crippen molar-refractivity contribution in [1.29, 1.82) is 0 Å². The second-order valence-electron chi connectivity index (χ2n) is 10.7. The van der Waals surface area contributed by atoms with Crippen LogP contribution in [0.15, 0.2) is 15.1 Å². The van der Waals surface area contributed by atoms with Gasteiger partial charge in [-0.15, -0.1) is 6.42 Å². The number of carbonyl (C=O) groups excluding carboxylic acids is 2. The van der Waals surface area contributed by atoms with Crippen LogP contribution < -0.4 is 5.32 Å². The Balaban J connectivity index is 1.56. The summed E-state index contributed by atoms with van der Waals surface area (Å²) in [4.78, 5) is 37.5. The van der Waals surface area contributed by atoms with Gasteiger partial charge < -0.3 is 15.0 Å². The van der Waals surface area contributed by atoms with E-state index in [1.165, 1.54) is 13.3 Å². The molecule has 202 valence electrons. The van der Waals surface area contributed by atoms with E-state index in [2.05, 4.69) is 21.3 Å². The van der Waals surface area contributed by atoms with E-state index in [1.54, 1.807) is 11.1 Å². The molecule has 4 aliphatic rings. The summed E-state index contributed by atoms with van der Waals surface area (Å²) in [7, 11) is 1.50. The van der Waals surface area contributed by atoms with E-state index in [1.807, 2.05) is 20.8 Å². The summed E-state index contributed by atoms with van der Waals surface area (Å²) in [6.45, 7) is 4.69. The molecule has 0 bridgehead atoms. The van der Waals surface area contributed by atoms with Crippen LogP contribution in [0.25, 0.3) is 0 Å². The molecule has 2 amide bonds. The number of aliphatic imine (C=N–C) groups is 2. The van der Waals surface area contributed by atoms with Crippen LogP contribution in [0.1, 0.15) is 33.6 Å². The highest BCUT2D eigenvalue weighted by molar-refractivity contribution is 6.16. The number of hydrogen-bond donors (Lipinski definition) is 1. The summed E-state index contributed by atoms with van der Waals surface area (Å²) in [5, 5.41) is 7.56. The monoisotopic (exact) mass is 522 g/mol. The van der Waals surface area contributed by atoms with Gasteiger partial charge in [-0.1, -0.05) is 12.8 Å². The van der Waals surface area contributed by atoms with Gasteiger partial charge >= 0.3 is 6.18 Å². The molecule has 0 aromatic rings. The Labute approximate surface area is 214 Å². The maximum atomic E-state index is 13.6. The zero-order valence-corrected chi connectivity index (χ0v) is 21.4. The first kappa shape index (κ1) is 27.1. The number of nitrogens with one attached hydrogen (secondary N) is 1. The molecule has 37 heavy (non-hydrogen) atoms. The molecule has 4 aliphatic heterocycles. The Morgan fingerprint density at radius 3 is 2.70 bits per heavy atom. The van der Waals surface area contributed by atoms with Crippen LogP contribution >= 0.6 is 0 Å². The molecular weight excluding hydrogens is 489 g/mol. The fourth-order valence-electron chi connectivity index (χ4n) is 6.09. The summed E-state index contributed by atoms with van der Waals surface area (Å²) >= 11 is 0. The van der Waals surface area contributed by atoms with Gasteiger partial charge in [-0.05, 0) is 32.6 Å². The number of ether oxygens (including phenoxy) is 1. The molecule has 0 spiro atoms. The Bertz CT molecular complexity index is 1050. The molecule has 7 unspecified atom stereocenters. The Morgan fingerprint density at radius 1 is 1.32 bits per heavy atom. The molecule has 9 nitrogen and oxygen atoms in total. The molecular formula is C25H33F3N6O3. The lowest BCUT2D eigenvalue weighted by atomic mass is 9.74. The van der Waals surface area contributed by atoms with Crippen molar-refractivity contribution in [3.05, 3.63) is 0 Å². The van der Waals surface area contributed by atoms with E-state index in [9.17, 15) is 22.8 Å². The highest BCUT2D eigenvalue weighted by Gasteiger charge is 2.57. The first-order valence-electron chi connectivity index (χ1n) is 12.4. The standard InChI is InChI=1S/C25H33F3N6O3/c1-6-7-29-21(35)17-9-15(10-30-22(17)37-5)18-8-14(2)19-20(32-18)24(3,4)34(23(19)36)16-11-31-33(12-16)13-25(26,27)28/h1,10-11,14-19,22H,7-9,12-13H2,2-5H3,(H,29,35). The second kappa shape index (κ2) is 10.1. The van der Waals surface area contributed by atoms with Crippen molar-refractivity contribution in [3.8, 4) is 12.3 Å². The minimum absolute atomic E-state index is 0.0192. The largest absolute Gasteiger partial charge is 0.407 e. The number of alkyl halides is 3. The van der Waals surface area contributed by atoms with Crippen molar-refractivity contribution in [1.82, 2.24) is 15.2 Å². The zero-order chi connectivity index (χ0) is 27.1. The molecule has 7 atom stereocenters. The van der Waals surface area contributed by atoms with Crippen LogP contribution in [0.5, 0.6) is 0 Å². The van der Waals surface area contributed by atoms with E-state index in [-0.39, 0.29) is 42.8 Å². The van der Waals surface area contributed by atoms with E-state index in [0.717, 1.165) is 10.7 Å². The van der Waals surface area contributed by atoms with Gasteiger partial charge in [0.25, 0.3) is 0 Å². The summed E-state index contributed by atoms with van der Waals surface area (Å²) in [5.74, 6) is 0.879. The number of terminal acetylenes is 1. The van der Waals surface area contributed by atoms with Crippen molar-refractivity contribution < 1.29 is 27.5 Å². The number of rotatable bonds is 6. The van der Waals surface area contributed by atoms with Crippen molar-refractivity contribution in [3.63, 3.8) is 0 Å². The predicted octanol–water partition coefficient (Wildman–Crippen LogP) is 1.73. The molecule has 0 saturated carbocycles. The first-order chi connectivity index (χ1) is 17.4. The lowest BCUT2D eigenvalue weighted by Gasteiger charge is -2.38. The average Bonchev–Trinajstić information content (AvgIpc) is 3.34. The Morgan fingerprint density at radius 2 is 2.05 bits per heavy atom. The topological polar surface area (TPSA) is 99.0 Å². The first-order valence-corrected chi connectivity index (χ1v) is 12.4. The van der Waals surface area contributed by atoms with Crippen molar-refractivity contribution in [2.24, 2.45) is 38.8 Å². The van der Waals surface area contributed by atoms with Crippen molar-refractivity contribution >= 4 is 30.0 Å². The fraction of sp³-hybridized carbons (Fsp3) is 0.720. The van der Waals surface area contributed by atoms with Crippen LogP contribution in [0.2, 0.25) is 0 Å². The zero-order valence-electron chi connectivity index (χ0n) is 21.4. The van der Waals surface area contributed by atoms with Crippen LogP contribution in [0.3, 0.4) is 0 Å². The van der Waals surface area contributed by atoms with Gasteiger partial charge in [0.2, 0.25) is 11.8 Å².